The molecule has 0 aliphatic carbocycles. The molecule has 9 heteroatoms. The summed E-state index contributed by atoms with van der Waals surface area (Å²) < 4.78 is 43.5. The molecule has 6 nitrogen and oxygen atoms in total. The molecule has 1 amide bonds. The first-order valence-corrected chi connectivity index (χ1v) is 8.73. The van der Waals surface area contributed by atoms with Gasteiger partial charge in [-0.05, 0) is 23.3 Å². The number of nitrogens with one attached hydrogen (secondary N) is 1. The van der Waals surface area contributed by atoms with E-state index < -0.39 is 23.7 Å². The Balaban J connectivity index is 1.62. The van der Waals surface area contributed by atoms with Gasteiger partial charge in [-0.2, -0.15) is 18.4 Å². The molecule has 3 rings (SSSR count). The number of nitrogens with zero attached hydrogens (tertiary/aromatic N) is 3. The van der Waals surface area contributed by atoms with Crippen molar-refractivity contribution in [2.24, 2.45) is 0 Å². The van der Waals surface area contributed by atoms with Crippen LogP contribution in [-0.2, 0) is 12.8 Å². The van der Waals surface area contributed by atoms with Crippen LogP contribution in [0.1, 0.15) is 33.2 Å². The lowest BCUT2D eigenvalue weighted by atomic mass is 10.1. The van der Waals surface area contributed by atoms with E-state index in [2.05, 4.69) is 15.3 Å². The molecule has 1 aromatic heterocycles. The van der Waals surface area contributed by atoms with Gasteiger partial charge < -0.3 is 10.1 Å². The quantitative estimate of drug-likeness (QED) is 0.660. The summed E-state index contributed by atoms with van der Waals surface area (Å²) >= 11 is 0. The minimum atomic E-state index is -4.48. The highest BCUT2D eigenvalue weighted by molar-refractivity contribution is 5.92. The second-order valence-electron chi connectivity index (χ2n) is 6.17. The number of halogens is 3. The molecule has 0 radical (unpaired) electrons. The first kappa shape index (κ1) is 20.8. The van der Waals surface area contributed by atoms with Crippen LogP contribution >= 0.6 is 0 Å². The third kappa shape index (κ3) is 5.32. The molecule has 0 saturated carbocycles. The summed E-state index contributed by atoms with van der Waals surface area (Å²) in [6, 6.07) is 14.1. The number of rotatable bonds is 6. The molecule has 3 aromatic rings. The van der Waals surface area contributed by atoms with Gasteiger partial charge in [-0.3, -0.25) is 4.79 Å². The fraction of sp³-hybridized carbons (Fsp3) is 0.143. The molecule has 1 heterocycles. The molecule has 2 aromatic carbocycles. The Morgan fingerprint density at radius 3 is 2.33 bits per heavy atom. The van der Waals surface area contributed by atoms with Crippen molar-refractivity contribution in [2.45, 2.75) is 18.8 Å². The molecule has 0 aliphatic rings. The zero-order valence-corrected chi connectivity index (χ0v) is 15.4. The van der Waals surface area contributed by atoms with E-state index in [1.807, 2.05) is 36.4 Å². The van der Waals surface area contributed by atoms with Crippen LogP contribution in [0.2, 0.25) is 0 Å². The number of nitriles is 1. The maximum absolute atomic E-state index is 12.7. The molecule has 152 valence electrons. The second-order valence-corrected chi connectivity index (χ2v) is 6.17. The lowest BCUT2D eigenvalue weighted by Gasteiger charge is -2.13. The number of aromatic nitrogens is 2. The van der Waals surface area contributed by atoms with Crippen LogP contribution < -0.4 is 10.1 Å². The largest absolute Gasteiger partial charge is 0.472 e. The molecular formula is C21H15F3N4O2. The third-order valence-electron chi connectivity index (χ3n) is 4.07. The van der Waals surface area contributed by atoms with E-state index in [1.165, 1.54) is 12.4 Å². The van der Waals surface area contributed by atoms with Crippen molar-refractivity contribution in [3.05, 3.63) is 89.4 Å². The van der Waals surface area contributed by atoms with Crippen LogP contribution in [0.3, 0.4) is 0 Å². The molecule has 0 bridgehead atoms. The van der Waals surface area contributed by atoms with Crippen molar-refractivity contribution in [3.63, 3.8) is 0 Å². The monoisotopic (exact) mass is 412 g/mol. The van der Waals surface area contributed by atoms with Crippen molar-refractivity contribution < 1.29 is 22.7 Å². The Morgan fingerprint density at radius 2 is 1.77 bits per heavy atom. The average molecular weight is 412 g/mol. The second kappa shape index (κ2) is 9.05. The summed E-state index contributed by atoms with van der Waals surface area (Å²) in [5.74, 6) is -0.474. The SMILES string of the molecule is N#CC(NC(=O)c1cnc(OCc2ccccc2)cn1)c1ccc(C(F)(F)F)cc1. The van der Waals surface area contributed by atoms with Gasteiger partial charge in [-0.15, -0.1) is 0 Å². The Labute approximate surface area is 170 Å². The molecule has 0 spiro atoms. The van der Waals surface area contributed by atoms with E-state index in [0.29, 0.717) is 0 Å². The smallest absolute Gasteiger partial charge is 0.416 e. The highest BCUT2D eigenvalue weighted by Crippen LogP contribution is 2.29. The predicted octanol–water partition coefficient (Wildman–Crippen LogP) is 4.07. The molecular weight excluding hydrogens is 397 g/mol. The van der Waals surface area contributed by atoms with Gasteiger partial charge in [0, 0.05) is 0 Å². The van der Waals surface area contributed by atoms with Gasteiger partial charge in [0.1, 0.15) is 18.3 Å². The van der Waals surface area contributed by atoms with Gasteiger partial charge >= 0.3 is 6.18 Å². The number of amides is 1. The highest BCUT2D eigenvalue weighted by Gasteiger charge is 2.30. The lowest BCUT2D eigenvalue weighted by Crippen LogP contribution is -2.28. The number of ether oxygens (including phenoxy) is 1. The van der Waals surface area contributed by atoms with Gasteiger partial charge in [-0.25, -0.2) is 9.97 Å². The Bertz CT molecular complexity index is 1030. The molecule has 0 aliphatic heterocycles. The number of hydrogen-bond donors (Lipinski definition) is 1. The average Bonchev–Trinajstić information content (AvgIpc) is 2.76. The third-order valence-corrected chi connectivity index (χ3v) is 4.07. The summed E-state index contributed by atoms with van der Waals surface area (Å²) in [7, 11) is 0. The lowest BCUT2D eigenvalue weighted by molar-refractivity contribution is -0.137. The number of carbonyl (C=O) groups is 1. The molecule has 1 unspecified atom stereocenters. The first-order chi connectivity index (χ1) is 14.4. The van der Waals surface area contributed by atoms with E-state index in [9.17, 15) is 23.2 Å². The summed E-state index contributed by atoms with van der Waals surface area (Å²) in [6.45, 7) is 0.283. The molecule has 1 atom stereocenters. The summed E-state index contributed by atoms with van der Waals surface area (Å²) in [6.07, 6.45) is -2.02. The Hall–Kier alpha value is -3.93. The standard InChI is InChI=1S/C21H15F3N4O2/c22-21(23,24)16-8-6-15(7-9-16)17(10-25)28-20(29)18-11-27-19(12-26-18)30-13-14-4-2-1-3-5-14/h1-9,11-12,17H,13H2,(H,28,29). The fourth-order valence-electron chi connectivity index (χ4n) is 2.50. The van der Waals surface area contributed by atoms with Crippen LogP contribution in [0.25, 0.3) is 0 Å². The van der Waals surface area contributed by atoms with Crippen LogP contribution in [0.4, 0.5) is 13.2 Å². The minimum Gasteiger partial charge on any atom is -0.472 e. The predicted molar refractivity (Wildman–Crippen MR) is 100 cm³/mol. The summed E-state index contributed by atoms with van der Waals surface area (Å²) in [5, 5.41) is 11.7. The number of alkyl halides is 3. The maximum atomic E-state index is 12.7. The maximum Gasteiger partial charge on any atom is 0.416 e. The van der Waals surface area contributed by atoms with E-state index in [4.69, 9.17) is 4.74 Å². The Morgan fingerprint density at radius 1 is 1.07 bits per heavy atom. The molecule has 30 heavy (non-hydrogen) atoms. The van der Waals surface area contributed by atoms with Crippen molar-refractivity contribution in [2.75, 3.05) is 0 Å². The van der Waals surface area contributed by atoms with Gasteiger partial charge in [0.25, 0.3) is 5.91 Å². The Kier molecular flexibility index (Phi) is 6.27. The van der Waals surface area contributed by atoms with E-state index in [0.717, 1.165) is 29.8 Å². The summed E-state index contributed by atoms with van der Waals surface area (Å²) in [5.41, 5.74) is 0.254. The number of benzene rings is 2. The van der Waals surface area contributed by atoms with Gasteiger partial charge in [0.15, 0.2) is 0 Å². The van der Waals surface area contributed by atoms with Crippen molar-refractivity contribution in [1.29, 1.82) is 5.26 Å². The van der Waals surface area contributed by atoms with Crippen molar-refractivity contribution in [1.82, 2.24) is 15.3 Å². The van der Waals surface area contributed by atoms with E-state index >= 15 is 0 Å². The fourth-order valence-corrected chi connectivity index (χ4v) is 2.50. The zero-order valence-electron chi connectivity index (χ0n) is 15.4. The number of carbonyl (C=O) groups excluding carboxylic acids is 1. The van der Waals surface area contributed by atoms with E-state index in [1.54, 1.807) is 0 Å². The summed E-state index contributed by atoms with van der Waals surface area (Å²) in [4.78, 5) is 20.3. The van der Waals surface area contributed by atoms with Crippen LogP contribution in [0.15, 0.2) is 67.0 Å². The van der Waals surface area contributed by atoms with Crippen molar-refractivity contribution >= 4 is 5.91 Å². The number of hydrogen-bond acceptors (Lipinski definition) is 5. The molecule has 0 saturated heterocycles. The topological polar surface area (TPSA) is 87.9 Å². The van der Waals surface area contributed by atoms with Gasteiger partial charge in [0.2, 0.25) is 5.88 Å². The highest BCUT2D eigenvalue weighted by atomic mass is 19.4. The van der Waals surface area contributed by atoms with Crippen LogP contribution in [-0.4, -0.2) is 15.9 Å². The van der Waals surface area contributed by atoms with Gasteiger partial charge in [0.05, 0.1) is 24.0 Å². The normalized spacial score (nSPS) is 11.9. The van der Waals surface area contributed by atoms with Gasteiger partial charge in [-0.1, -0.05) is 42.5 Å². The van der Waals surface area contributed by atoms with Crippen molar-refractivity contribution in [3.8, 4) is 11.9 Å². The van der Waals surface area contributed by atoms with E-state index in [-0.39, 0.29) is 23.7 Å². The van der Waals surface area contributed by atoms with Crippen LogP contribution in [0, 0.1) is 11.3 Å². The zero-order chi connectivity index (χ0) is 21.6. The molecule has 1 N–H and O–H groups in total. The first-order valence-electron chi connectivity index (χ1n) is 8.73. The molecule has 0 fully saturated rings. The van der Waals surface area contributed by atoms with Crippen LogP contribution in [0.5, 0.6) is 5.88 Å². The minimum absolute atomic E-state index is 0.0609.